The van der Waals surface area contributed by atoms with E-state index in [1.54, 1.807) is 19.3 Å². The first-order valence-electron chi connectivity index (χ1n) is 7.55. The van der Waals surface area contributed by atoms with Crippen molar-refractivity contribution in [2.75, 3.05) is 13.7 Å². The van der Waals surface area contributed by atoms with Crippen molar-refractivity contribution in [3.05, 3.63) is 35.9 Å². The normalized spacial score (nSPS) is 17.0. The summed E-state index contributed by atoms with van der Waals surface area (Å²) < 4.78 is 5.10. The Morgan fingerprint density at radius 1 is 1.38 bits per heavy atom. The van der Waals surface area contributed by atoms with Crippen LogP contribution in [0.5, 0.6) is 5.75 Å². The van der Waals surface area contributed by atoms with Crippen molar-refractivity contribution in [1.29, 1.82) is 0 Å². The van der Waals surface area contributed by atoms with E-state index in [0.717, 1.165) is 11.3 Å². The van der Waals surface area contributed by atoms with Gasteiger partial charge >= 0.3 is 0 Å². The lowest BCUT2D eigenvalue weighted by Gasteiger charge is -2.22. The fraction of sp³-hybridized carbons (Fsp3) is 0.471. The van der Waals surface area contributed by atoms with E-state index in [2.05, 4.69) is 5.32 Å². The van der Waals surface area contributed by atoms with Gasteiger partial charge in [0.15, 0.2) is 0 Å². The van der Waals surface area contributed by atoms with Gasteiger partial charge in [0, 0.05) is 18.7 Å². The molecule has 1 unspecified atom stereocenters. The summed E-state index contributed by atoms with van der Waals surface area (Å²) in [5.74, 6) is 1.27. The van der Waals surface area contributed by atoms with Crippen molar-refractivity contribution < 1.29 is 9.53 Å². The molecule has 114 valence electrons. The van der Waals surface area contributed by atoms with E-state index >= 15 is 0 Å². The van der Waals surface area contributed by atoms with Crippen LogP contribution in [0.3, 0.4) is 0 Å². The molecule has 0 saturated heterocycles. The average Bonchev–Trinajstić information content (AvgIpc) is 3.05. The molecule has 4 nitrogen and oxygen atoms in total. The maximum atomic E-state index is 12.0. The van der Waals surface area contributed by atoms with Crippen molar-refractivity contribution in [3.8, 4) is 5.75 Å². The minimum atomic E-state index is -0.0758. The van der Waals surface area contributed by atoms with E-state index in [-0.39, 0.29) is 11.9 Å². The Morgan fingerprint density at radius 3 is 2.62 bits per heavy atom. The molecule has 21 heavy (non-hydrogen) atoms. The van der Waals surface area contributed by atoms with Crippen molar-refractivity contribution in [3.63, 3.8) is 0 Å². The number of methoxy groups -OCH3 is 1. The highest BCUT2D eigenvalue weighted by molar-refractivity contribution is 5.91. The summed E-state index contributed by atoms with van der Waals surface area (Å²) in [6, 6.07) is 7.68. The SMILES string of the molecule is COc1ccc(/C=C/C(=O)NC(CN)C2CCCC2)cc1. The van der Waals surface area contributed by atoms with Gasteiger partial charge < -0.3 is 15.8 Å². The molecule has 1 amide bonds. The average molecular weight is 288 g/mol. The maximum Gasteiger partial charge on any atom is 0.244 e. The Labute approximate surface area is 126 Å². The fourth-order valence-electron chi connectivity index (χ4n) is 2.85. The minimum Gasteiger partial charge on any atom is -0.497 e. The Kier molecular flexibility index (Phi) is 5.81. The second kappa shape index (κ2) is 7.84. The second-order valence-electron chi connectivity index (χ2n) is 5.50. The van der Waals surface area contributed by atoms with Gasteiger partial charge in [0.05, 0.1) is 7.11 Å². The number of benzene rings is 1. The molecule has 1 aromatic carbocycles. The maximum absolute atomic E-state index is 12.0. The molecule has 0 aromatic heterocycles. The van der Waals surface area contributed by atoms with E-state index < -0.39 is 0 Å². The summed E-state index contributed by atoms with van der Waals surface area (Å²) in [5, 5.41) is 3.03. The monoisotopic (exact) mass is 288 g/mol. The molecule has 1 aliphatic rings. The first-order valence-corrected chi connectivity index (χ1v) is 7.55. The summed E-state index contributed by atoms with van der Waals surface area (Å²) in [5.41, 5.74) is 6.76. The van der Waals surface area contributed by atoms with Gasteiger partial charge in [-0.3, -0.25) is 4.79 Å². The zero-order chi connectivity index (χ0) is 15.1. The van der Waals surface area contributed by atoms with Gasteiger partial charge in [-0.05, 0) is 42.5 Å². The molecule has 1 aromatic rings. The molecule has 4 heteroatoms. The zero-order valence-electron chi connectivity index (χ0n) is 12.5. The summed E-state index contributed by atoms with van der Waals surface area (Å²) in [4.78, 5) is 12.0. The third-order valence-electron chi connectivity index (χ3n) is 4.09. The van der Waals surface area contributed by atoms with Gasteiger partial charge in [0.1, 0.15) is 5.75 Å². The minimum absolute atomic E-state index is 0.0758. The molecule has 0 bridgehead atoms. The molecule has 0 aliphatic heterocycles. The van der Waals surface area contributed by atoms with Gasteiger partial charge in [0.2, 0.25) is 5.91 Å². The molecule has 0 spiro atoms. The Hall–Kier alpha value is -1.81. The van der Waals surface area contributed by atoms with Crippen molar-refractivity contribution in [1.82, 2.24) is 5.32 Å². The third-order valence-corrected chi connectivity index (χ3v) is 4.09. The highest BCUT2D eigenvalue weighted by atomic mass is 16.5. The highest BCUT2D eigenvalue weighted by Gasteiger charge is 2.24. The molecular weight excluding hydrogens is 264 g/mol. The van der Waals surface area contributed by atoms with E-state index in [9.17, 15) is 4.79 Å². The van der Waals surface area contributed by atoms with Crippen LogP contribution in [0.15, 0.2) is 30.3 Å². The lowest BCUT2D eigenvalue weighted by atomic mass is 9.98. The molecule has 1 aliphatic carbocycles. The van der Waals surface area contributed by atoms with Crippen LogP contribution < -0.4 is 15.8 Å². The quantitative estimate of drug-likeness (QED) is 0.790. The molecule has 3 N–H and O–H groups in total. The molecule has 1 atom stereocenters. The van der Waals surface area contributed by atoms with Crippen LogP contribution in [0.2, 0.25) is 0 Å². The number of amides is 1. The van der Waals surface area contributed by atoms with Crippen LogP contribution in [-0.2, 0) is 4.79 Å². The van der Waals surface area contributed by atoms with Crippen molar-refractivity contribution in [2.24, 2.45) is 11.7 Å². The molecule has 0 heterocycles. The molecule has 1 saturated carbocycles. The van der Waals surface area contributed by atoms with Gasteiger partial charge in [-0.2, -0.15) is 0 Å². The van der Waals surface area contributed by atoms with Gasteiger partial charge in [-0.15, -0.1) is 0 Å². The lowest BCUT2D eigenvalue weighted by Crippen LogP contribution is -2.43. The number of hydrogen-bond acceptors (Lipinski definition) is 3. The number of carbonyl (C=O) groups is 1. The number of nitrogens with two attached hydrogens (primary N) is 1. The molecule has 0 radical (unpaired) electrons. The van der Waals surface area contributed by atoms with Gasteiger partial charge in [0.25, 0.3) is 0 Å². The Morgan fingerprint density at radius 2 is 2.05 bits per heavy atom. The van der Waals surface area contributed by atoms with E-state index in [0.29, 0.717) is 12.5 Å². The predicted molar refractivity (Wildman–Crippen MR) is 85.0 cm³/mol. The van der Waals surface area contributed by atoms with Crippen LogP contribution in [0.1, 0.15) is 31.2 Å². The van der Waals surface area contributed by atoms with Crippen molar-refractivity contribution >= 4 is 12.0 Å². The number of rotatable bonds is 6. The van der Waals surface area contributed by atoms with Crippen LogP contribution in [-0.4, -0.2) is 25.6 Å². The summed E-state index contributed by atoms with van der Waals surface area (Å²) in [6.45, 7) is 0.507. The Bertz CT molecular complexity index is 476. The van der Waals surface area contributed by atoms with Gasteiger partial charge in [-0.25, -0.2) is 0 Å². The van der Waals surface area contributed by atoms with Crippen LogP contribution in [0, 0.1) is 5.92 Å². The van der Waals surface area contributed by atoms with Crippen LogP contribution >= 0.6 is 0 Å². The van der Waals surface area contributed by atoms with E-state index in [1.165, 1.54) is 25.7 Å². The Balaban J connectivity index is 1.88. The molecule has 2 rings (SSSR count). The second-order valence-corrected chi connectivity index (χ2v) is 5.50. The zero-order valence-corrected chi connectivity index (χ0v) is 12.5. The smallest absolute Gasteiger partial charge is 0.244 e. The number of nitrogens with one attached hydrogen (secondary N) is 1. The van der Waals surface area contributed by atoms with Crippen LogP contribution in [0.4, 0.5) is 0 Å². The number of ether oxygens (including phenoxy) is 1. The fourth-order valence-corrected chi connectivity index (χ4v) is 2.85. The summed E-state index contributed by atoms with van der Waals surface area (Å²) in [7, 11) is 1.63. The standard InChI is InChI=1S/C17H24N2O2/c1-21-15-9-6-13(7-10-15)8-11-17(20)19-16(12-18)14-4-2-3-5-14/h6-11,14,16H,2-5,12,18H2,1H3,(H,19,20)/b11-8+. The molecular formula is C17H24N2O2. The molecule has 1 fully saturated rings. The predicted octanol–water partition coefficient (Wildman–Crippen LogP) is 2.34. The number of hydrogen-bond donors (Lipinski definition) is 2. The van der Waals surface area contributed by atoms with E-state index in [4.69, 9.17) is 10.5 Å². The van der Waals surface area contributed by atoms with Gasteiger partial charge in [-0.1, -0.05) is 25.0 Å². The number of carbonyl (C=O) groups excluding carboxylic acids is 1. The summed E-state index contributed by atoms with van der Waals surface area (Å²) >= 11 is 0. The van der Waals surface area contributed by atoms with E-state index in [1.807, 2.05) is 24.3 Å². The van der Waals surface area contributed by atoms with Crippen LogP contribution in [0.25, 0.3) is 6.08 Å². The highest BCUT2D eigenvalue weighted by Crippen LogP contribution is 2.27. The topological polar surface area (TPSA) is 64.3 Å². The third kappa shape index (κ3) is 4.60. The largest absolute Gasteiger partial charge is 0.497 e. The first kappa shape index (κ1) is 15.6. The lowest BCUT2D eigenvalue weighted by molar-refractivity contribution is -0.117. The summed E-state index contributed by atoms with van der Waals surface area (Å²) in [6.07, 6.45) is 8.21. The first-order chi connectivity index (χ1) is 10.2. The van der Waals surface area contributed by atoms with Crippen molar-refractivity contribution in [2.45, 2.75) is 31.7 Å².